The molecule has 1 heterocycles. The standard InChI is InChI=1S/C21H27N3O/c1-17-6-5-9-19(14-17)16-23-10-12-24(13-11-23)21(25)20(22)15-18-7-3-2-4-8-18/h2-9,14,20H,10-13,15-16,22H2,1H3. The Balaban J connectivity index is 1.49. The molecule has 4 nitrogen and oxygen atoms in total. The van der Waals surface area contributed by atoms with Crippen molar-refractivity contribution in [2.45, 2.75) is 25.9 Å². The molecule has 0 aromatic heterocycles. The van der Waals surface area contributed by atoms with Crippen molar-refractivity contribution in [3.8, 4) is 0 Å². The summed E-state index contributed by atoms with van der Waals surface area (Å²) in [5.74, 6) is 0.0686. The number of carbonyl (C=O) groups is 1. The van der Waals surface area contributed by atoms with Crippen LogP contribution in [0.4, 0.5) is 0 Å². The van der Waals surface area contributed by atoms with Crippen LogP contribution in [0.5, 0.6) is 0 Å². The fraction of sp³-hybridized carbons (Fsp3) is 0.381. The fourth-order valence-corrected chi connectivity index (χ4v) is 3.38. The maximum Gasteiger partial charge on any atom is 0.239 e. The Morgan fingerprint density at radius 3 is 2.36 bits per heavy atom. The highest BCUT2D eigenvalue weighted by Gasteiger charge is 2.25. The van der Waals surface area contributed by atoms with Crippen LogP contribution in [0.2, 0.25) is 0 Å². The summed E-state index contributed by atoms with van der Waals surface area (Å²) in [4.78, 5) is 16.9. The van der Waals surface area contributed by atoms with Crippen LogP contribution < -0.4 is 5.73 Å². The lowest BCUT2D eigenvalue weighted by Crippen LogP contribution is -2.53. The number of piperazine rings is 1. The predicted octanol–water partition coefficient (Wildman–Crippen LogP) is 2.21. The zero-order valence-electron chi connectivity index (χ0n) is 14.9. The normalized spacial score (nSPS) is 16.6. The molecular formula is C21H27N3O. The maximum absolute atomic E-state index is 12.6. The van der Waals surface area contributed by atoms with E-state index >= 15 is 0 Å². The second-order valence-electron chi connectivity index (χ2n) is 6.89. The Hall–Kier alpha value is -2.17. The first-order valence-electron chi connectivity index (χ1n) is 8.98. The van der Waals surface area contributed by atoms with Crippen LogP contribution >= 0.6 is 0 Å². The molecule has 2 aromatic rings. The van der Waals surface area contributed by atoms with Crippen molar-refractivity contribution in [3.05, 3.63) is 71.3 Å². The Kier molecular flexibility index (Phi) is 5.84. The monoisotopic (exact) mass is 337 g/mol. The molecule has 2 aromatic carbocycles. The van der Waals surface area contributed by atoms with E-state index in [9.17, 15) is 4.79 Å². The van der Waals surface area contributed by atoms with Crippen molar-refractivity contribution in [1.29, 1.82) is 0 Å². The van der Waals surface area contributed by atoms with E-state index < -0.39 is 6.04 Å². The molecule has 0 bridgehead atoms. The van der Waals surface area contributed by atoms with Crippen LogP contribution in [-0.4, -0.2) is 47.9 Å². The van der Waals surface area contributed by atoms with E-state index in [0.717, 1.165) is 38.3 Å². The maximum atomic E-state index is 12.6. The van der Waals surface area contributed by atoms with Gasteiger partial charge in [-0.3, -0.25) is 9.69 Å². The molecule has 3 rings (SSSR count). The van der Waals surface area contributed by atoms with Crippen LogP contribution in [0.3, 0.4) is 0 Å². The number of carbonyl (C=O) groups excluding carboxylic acids is 1. The SMILES string of the molecule is Cc1cccc(CN2CCN(C(=O)C(N)Cc3ccccc3)CC2)c1. The third-order valence-electron chi connectivity index (χ3n) is 4.79. The van der Waals surface area contributed by atoms with Gasteiger partial charge in [0.1, 0.15) is 0 Å². The van der Waals surface area contributed by atoms with Gasteiger partial charge in [0.2, 0.25) is 5.91 Å². The van der Waals surface area contributed by atoms with Crippen molar-refractivity contribution in [2.75, 3.05) is 26.2 Å². The highest BCUT2D eigenvalue weighted by Crippen LogP contribution is 2.12. The summed E-state index contributed by atoms with van der Waals surface area (Å²) in [5, 5.41) is 0. The topological polar surface area (TPSA) is 49.6 Å². The summed E-state index contributed by atoms with van der Waals surface area (Å²) in [6, 6.07) is 18.2. The van der Waals surface area contributed by atoms with Gasteiger partial charge in [-0.2, -0.15) is 0 Å². The first kappa shape index (κ1) is 17.6. The molecule has 132 valence electrons. The lowest BCUT2D eigenvalue weighted by atomic mass is 10.1. The number of benzene rings is 2. The molecule has 1 fully saturated rings. The van der Waals surface area contributed by atoms with E-state index in [1.807, 2.05) is 35.2 Å². The molecule has 1 amide bonds. The molecule has 4 heteroatoms. The summed E-state index contributed by atoms with van der Waals surface area (Å²) in [7, 11) is 0. The second kappa shape index (κ2) is 8.28. The van der Waals surface area contributed by atoms with Gasteiger partial charge in [0, 0.05) is 32.7 Å². The number of hydrogen-bond donors (Lipinski definition) is 1. The second-order valence-corrected chi connectivity index (χ2v) is 6.89. The van der Waals surface area contributed by atoms with Gasteiger partial charge in [0.25, 0.3) is 0 Å². The molecule has 1 aliphatic heterocycles. The van der Waals surface area contributed by atoms with E-state index in [0.29, 0.717) is 6.42 Å². The van der Waals surface area contributed by atoms with Crippen molar-refractivity contribution >= 4 is 5.91 Å². The van der Waals surface area contributed by atoms with Crippen LogP contribution in [0.15, 0.2) is 54.6 Å². The summed E-state index contributed by atoms with van der Waals surface area (Å²) < 4.78 is 0. The zero-order chi connectivity index (χ0) is 17.6. The quantitative estimate of drug-likeness (QED) is 0.910. The van der Waals surface area contributed by atoms with Gasteiger partial charge in [-0.25, -0.2) is 0 Å². The number of nitrogens with zero attached hydrogens (tertiary/aromatic N) is 2. The van der Waals surface area contributed by atoms with E-state index in [1.165, 1.54) is 11.1 Å². The molecule has 25 heavy (non-hydrogen) atoms. The molecule has 2 N–H and O–H groups in total. The Morgan fingerprint density at radius 1 is 1.00 bits per heavy atom. The van der Waals surface area contributed by atoms with Gasteiger partial charge in [-0.1, -0.05) is 60.2 Å². The minimum atomic E-state index is -0.453. The summed E-state index contributed by atoms with van der Waals surface area (Å²) >= 11 is 0. The van der Waals surface area contributed by atoms with Gasteiger partial charge >= 0.3 is 0 Å². The number of aryl methyl sites for hydroxylation is 1. The van der Waals surface area contributed by atoms with Crippen molar-refractivity contribution in [1.82, 2.24) is 9.80 Å². The molecule has 1 aliphatic rings. The van der Waals surface area contributed by atoms with Gasteiger partial charge in [-0.15, -0.1) is 0 Å². The first-order valence-corrected chi connectivity index (χ1v) is 8.98. The third-order valence-corrected chi connectivity index (χ3v) is 4.79. The van der Waals surface area contributed by atoms with Gasteiger partial charge in [0.05, 0.1) is 6.04 Å². The molecule has 1 unspecified atom stereocenters. The van der Waals surface area contributed by atoms with Crippen LogP contribution in [0, 0.1) is 6.92 Å². The van der Waals surface area contributed by atoms with Crippen molar-refractivity contribution in [2.24, 2.45) is 5.73 Å². The van der Waals surface area contributed by atoms with Crippen LogP contribution in [0.1, 0.15) is 16.7 Å². The Labute approximate surface area is 150 Å². The molecule has 0 saturated carbocycles. The van der Waals surface area contributed by atoms with E-state index in [4.69, 9.17) is 5.73 Å². The third kappa shape index (κ3) is 4.91. The summed E-state index contributed by atoms with van der Waals surface area (Å²) in [6.07, 6.45) is 0.600. The van der Waals surface area contributed by atoms with E-state index in [1.54, 1.807) is 0 Å². The largest absolute Gasteiger partial charge is 0.339 e. The molecule has 1 saturated heterocycles. The fourth-order valence-electron chi connectivity index (χ4n) is 3.38. The Bertz CT molecular complexity index is 693. The van der Waals surface area contributed by atoms with Crippen molar-refractivity contribution in [3.63, 3.8) is 0 Å². The first-order chi connectivity index (χ1) is 12.1. The highest BCUT2D eigenvalue weighted by atomic mass is 16.2. The number of rotatable bonds is 5. The number of hydrogen-bond acceptors (Lipinski definition) is 3. The van der Waals surface area contributed by atoms with Gasteiger partial charge in [-0.05, 0) is 24.5 Å². The lowest BCUT2D eigenvalue weighted by molar-refractivity contribution is -0.134. The van der Waals surface area contributed by atoms with Crippen LogP contribution in [-0.2, 0) is 17.8 Å². The average Bonchev–Trinajstić information content (AvgIpc) is 2.62. The zero-order valence-corrected chi connectivity index (χ0v) is 14.9. The van der Waals surface area contributed by atoms with Crippen molar-refractivity contribution < 1.29 is 4.79 Å². The molecule has 0 radical (unpaired) electrons. The Morgan fingerprint density at radius 2 is 1.68 bits per heavy atom. The summed E-state index contributed by atoms with van der Waals surface area (Å²) in [6.45, 7) is 6.38. The minimum Gasteiger partial charge on any atom is -0.339 e. The van der Waals surface area contributed by atoms with E-state index in [-0.39, 0.29) is 5.91 Å². The van der Waals surface area contributed by atoms with Gasteiger partial charge < -0.3 is 10.6 Å². The molecule has 1 atom stereocenters. The summed E-state index contributed by atoms with van der Waals surface area (Å²) in [5.41, 5.74) is 9.89. The number of amides is 1. The van der Waals surface area contributed by atoms with E-state index in [2.05, 4.69) is 36.1 Å². The predicted molar refractivity (Wildman–Crippen MR) is 101 cm³/mol. The highest BCUT2D eigenvalue weighted by molar-refractivity contribution is 5.82. The molecule has 0 aliphatic carbocycles. The molecule has 0 spiro atoms. The molecular weight excluding hydrogens is 310 g/mol. The van der Waals surface area contributed by atoms with Crippen LogP contribution in [0.25, 0.3) is 0 Å². The lowest BCUT2D eigenvalue weighted by Gasteiger charge is -2.36. The van der Waals surface area contributed by atoms with Gasteiger partial charge in [0.15, 0.2) is 0 Å². The number of nitrogens with two attached hydrogens (primary N) is 1. The minimum absolute atomic E-state index is 0.0686. The smallest absolute Gasteiger partial charge is 0.239 e. The average molecular weight is 337 g/mol.